The van der Waals surface area contributed by atoms with Crippen molar-refractivity contribution in [1.29, 1.82) is 0 Å². The first-order valence-corrected chi connectivity index (χ1v) is 11.5. The van der Waals surface area contributed by atoms with Gasteiger partial charge in [-0.25, -0.2) is 8.42 Å². The van der Waals surface area contributed by atoms with Gasteiger partial charge in [-0.2, -0.15) is 0 Å². The Kier molecular flexibility index (Phi) is 6.00. The summed E-state index contributed by atoms with van der Waals surface area (Å²) in [5.74, 6) is -0.718. The van der Waals surface area contributed by atoms with Crippen molar-refractivity contribution in [3.63, 3.8) is 0 Å². The fraction of sp³-hybridized carbons (Fsp3) is 0.333. The molecule has 1 fully saturated rings. The highest BCUT2D eigenvalue weighted by atomic mass is 35.5. The number of nitrogens with zero attached hydrogens (tertiary/aromatic N) is 2. The first-order chi connectivity index (χ1) is 13.6. The number of carbonyl (C=O) groups is 2. The molecule has 2 aromatic rings. The van der Waals surface area contributed by atoms with Crippen LogP contribution in [0.1, 0.15) is 24.9 Å². The molecule has 0 radical (unpaired) electrons. The van der Waals surface area contributed by atoms with Crippen LogP contribution in [-0.4, -0.2) is 45.0 Å². The number of carbonyl (C=O) groups excluding carboxylic acids is 2. The van der Waals surface area contributed by atoms with Gasteiger partial charge in [-0.1, -0.05) is 35.9 Å². The van der Waals surface area contributed by atoms with E-state index in [2.05, 4.69) is 0 Å². The molecule has 0 aromatic heterocycles. The van der Waals surface area contributed by atoms with E-state index in [1.807, 2.05) is 6.92 Å². The van der Waals surface area contributed by atoms with Crippen LogP contribution >= 0.6 is 11.6 Å². The fourth-order valence-electron chi connectivity index (χ4n) is 3.47. The van der Waals surface area contributed by atoms with Crippen LogP contribution in [0.25, 0.3) is 0 Å². The smallest absolute Gasteiger partial charge is 0.228 e. The zero-order chi connectivity index (χ0) is 21.3. The molecule has 0 aliphatic carbocycles. The molecule has 8 heteroatoms. The van der Waals surface area contributed by atoms with Crippen LogP contribution in [0, 0.1) is 5.92 Å². The van der Waals surface area contributed by atoms with E-state index in [1.165, 1.54) is 12.1 Å². The largest absolute Gasteiger partial charge is 0.339 e. The summed E-state index contributed by atoms with van der Waals surface area (Å²) in [6.07, 6.45) is 1.29. The van der Waals surface area contributed by atoms with Crippen molar-refractivity contribution in [2.75, 3.05) is 24.7 Å². The molecule has 2 unspecified atom stereocenters. The molecule has 0 saturated carbocycles. The second kappa shape index (κ2) is 8.16. The summed E-state index contributed by atoms with van der Waals surface area (Å²) in [5.41, 5.74) is 1.43. The molecule has 2 amide bonds. The summed E-state index contributed by atoms with van der Waals surface area (Å²) in [4.78, 5) is 28.9. The molecule has 1 saturated heterocycles. The highest BCUT2D eigenvalue weighted by Gasteiger charge is 2.38. The van der Waals surface area contributed by atoms with Crippen LogP contribution in [0.3, 0.4) is 0 Å². The number of para-hydroxylation sites is 1. The summed E-state index contributed by atoms with van der Waals surface area (Å²) in [6.45, 7) is 2.15. The summed E-state index contributed by atoms with van der Waals surface area (Å²) in [6, 6.07) is 13.3. The Bertz CT molecular complexity index is 1040. The summed E-state index contributed by atoms with van der Waals surface area (Å²) in [5, 5.41) is 0.474. The number of hydrogen-bond donors (Lipinski definition) is 0. The van der Waals surface area contributed by atoms with E-state index in [4.69, 9.17) is 11.6 Å². The molecule has 1 heterocycles. The molecule has 3 rings (SSSR count). The second-order valence-electron chi connectivity index (χ2n) is 7.32. The molecular formula is C21H23ClN2O4S. The van der Waals surface area contributed by atoms with E-state index < -0.39 is 15.8 Å². The zero-order valence-corrected chi connectivity index (χ0v) is 18.1. The van der Waals surface area contributed by atoms with Gasteiger partial charge < -0.3 is 9.80 Å². The topological polar surface area (TPSA) is 74.8 Å². The number of amides is 2. The van der Waals surface area contributed by atoms with Crippen molar-refractivity contribution < 1.29 is 18.0 Å². The Labute approximate surface area is 176 Å². The Hall–Kier alpha value is -2.38. The van der Waals surface area contributed by atoms with Crippen molar-refractivity contribution in [3.05, 3.63) is 59.1 Å². The van der Waals surface area contributed by atoms with Gasteiger partial charge in [0.05, 0.1) is 27.6 Å². The highest BCUT2D eigenvalue weighted by Crippen LogP contribution is 2.32. The molecule has 1 aliphatic rings. The van der Waals surface area contributed by atoms with Crippen molar-refractivity contribution in [1.82, 2.24) is 4.90 Å². The monoisotopic (exact) mass is 434 g/mol. The molecule has 2 aromatic carbocycles. The Balaban J connectivity index is 1.73. The summed E-state index contributed by atoms with van der Waals surface area (Å²) >= 11 is 6.20. The molecule has 0 N–H and O–H groups in total. The number of sulfone groups is 1. The SMILES string of the molecule is CC(c1ccc(S(C)(=O)=O)cc1)N(C)C(=O)C1CC(=O)N(c2ccccc2Cl)C1. The first kappa shape index (κ1) is 21.3. The van der Waals surface area contributed by atoms with Gasteiger partial charge in [0.25, 0.3) is 0 Å². The van der Waals surface area contributed by atoms with E-state index in [9.17, 15) is 18.0 Å². The van der Waals surface area contributed by atoms with Crippen LogP contribution in [0.4, 0.5) is 5.69 Å². The number of benzene rings is 2. The van der Waals surface area contributed by atoms with Crippen LogP contribution in [-0.2, 0) is 19.4 Å². The minimum absolute atomic E-state index is 0.130. The minimum Gasteiger partial charge on any atom is -0.339 e. The van der Waals surface area contributed by atoms with E-state index in [0.717, 1.165) is 11.8 Å². The molecule has 0 spiro atoms. The van der Waals surface area contributed by atoms with Crippen molar-refractivity contribution in [2.24, 2.45) is 5.92 Å². The third-order valence-electron chi connectivity index (χ3n) is 5.34. The number of rotatable bonds is 5. The van der Waals surface area contributed by atoms with Gasteiger partial charge in [-0.05, 0) is 36.8 Å². The highest BCUT2D eigenvalue weighted by molar-refractivity contribution is 7.90. The third-order valence-corrected chi connectivity index (χ3v) is 6.78. The quantitative estimate of drug-likeness (QED) is 0.723. The van der Waals surface area contributed by atoms with E-state index in [1.54, 1.807) is 53.2 Å². The maximum absolute atomic E-state index is 13.0. The maximum Gasteiger partial charge on any atom is 0.228 e. The molecular weight excluding hydrogens is 412 g/mol. The molecule has 0 bridgehead atoms. The molecule has 1 aliphatic heterocycles. The summed E-state index contributed by atoms with van der Waals surface area (Å²) < 4.78 is 23.2. The molecule has 29 heavy (non-hydrogen) atoms. The number of halogens is 1. The third kappa shape index (κ3) is 4.46. The van der Waals surface area contributed by atoms with Gasteiger partial charge >= 0.3 is 0 Å². The van der Waals surface area contributed by atoms with E-state index in [-0.39, 0.29) is 35.7 Å². The van der Waals surface area contributed by atoms with Gasteiger partial charge in [-0.15, -0.1) is 0 Å². The second-order valence-corrected chi connectivity index (χ2v) is 9.75. The average molecular weight is 435 g/mol. The lowest BCUT2D eigenvalue weighted by Crippen LogP contribution is -2.36. The maximum atomic E-state index is 13.0. The fourth-order valence-corrected chi connectivity index (χ4v) is 4.34. The normalized spacial score (nSPS) is 18.0. The van der Waals surface area contributed by atoms with Crippen LogP contribution in [0.15, 0.2) is 53.4 Å². The lowest BCUT2D eigenvalue weighted by molar-refractivity contribution is -0.136. The Morgan fingerprint density at radius 2 is 1.79 bits per heavy atom. The number of anilines is 1. The van der Waals surface area contributed by atoms with Gasteiger partial charge in [0.2, 0.25) is 11.8 Å². The van der Waals surface area contributed by atoms with E-state index in [0.29, 0.717) is 10.7 Å². The Morgan fingerprint density at radius 3 is 2.38 bits per heavy atom. The van der Waals surface area contributed by atoms with Gasteiger partial charge in [0.1, 0.15) is 0 Å². The lowest BCUT2D eigenvalue weighted by Gasteiger charge is -2.28. The predicted molar refractivity (Wildman–Crippen MR) is 113 cm³/mol. The van der Waals surface area contributed by atoms with Crippen molar-refractivity contribution in [2.45, 2.75) is 24.3 Å². The summed E-state index contributed by atoms with van der Waals surface area (Å²) in [7, 11) is -1.58. The van der Waals surface area contributed by atoms with Crippen molar-refractivity contribution >= 4 is 38.9 Å². The predicted octanol–water partition coefficient (Wildman–Crippen LogP) is 3.32. The van der Waals surface area contributed by atoms with E-state index >= 15 is 0 Å². The van der Waals surface area contributed by atoms with Crippen LogP contribution in [0.2, 0.25) is 5.02 Å². The standard InChI is InChI=1S/C21H23ClN2O4S/c1-14(15-8-10-17(11-9-15)29(3,27)28)23(2)21(26)16-12-20(25)24(13-16)19-7-5-4-6-18(19)22/h4-11,14,16H,12-13H2,1-3H3. The molecule has 6 nitrogen and oxygen atoms in total. The lowest BCUT2D eigenvalue weighted by atomic mass is 10.0. The van der Waals surface area contributed by atoms with Gasteiger partial charge in [0.15, 0.2) is 9.84 Å². The van der Waals surface area contributed by atoms with Crippen LogP contribution < -0.4 is 4.90 Å². The van der Waals surface area contributed by atoms with Crippen LogP contribution in [0.5, 0.6) is 0 Å². The molecule has 2 atom stereocenters. The van der Waals surface area contributed by atoms with Gasteiger partial charge in [-0.3, -0.25) is 9.59 Å². The van der Waals surface area contributed by atoms with Crippen molar-refractivity contribution in [3.8, 4) is 0 Å². The molecule has 154 valence electrons. The minimum atomic E-state index is -3.27. The zero-order valence-electron chi connectivity index (χ0n) is 16.5. The first-order valence-electron chi connectivity index (χ1n) is 9.21. The van der Waals surface area contributed by atoms with Gasteiger partial charge in [0, 0.05) is 26.3 Å². The Morgan fingerprint density at radius 1 is 1.17 bits per heavy atom. The number of hydrogen-bond acceptors (Lipinski definition) is 4. The average Bonchev–Trinajstić information content (AvgIpc) is 3.07.